The van der Waals surface area contributed by atoms with Crippen LogP contribution in [-0.4, -0.2) is 30.9 Å². The fourth-order valence-electron chi connectivity index (χ4n) is 3.37. The summed E-state index contributed by atoms with van der Waals surface area (Å²) in [6, 6.07) is 15.3. The highest BCUT2D eigenvalue weighted by atomic mass is 16.6. The molecule has 9 heteroatoms. The highest BCUT2D eigenvalue weighted by molar-refractivity contribution is 5.97. The zero-order valence-electron chi connectivity index (χ0n) is 19.8. The molecule has 2 aromatic carbocycles. The summed E-state index contributed by atoms with van der Waals surface area (Å²) in [4.78, 5) is 14.0. The Balaban J connectivity index is 1.69. The van der Waals surface area contributed by atoms with Crippen molar-refractivity contribution in [3.63, 3.8) is 0 Å². The lowest BCUT2D eigenvalue weighted by molar-refractivity contribution is 0.213. The second-order valence-electron chi connectivity index (χ2n) is 7.56. The van der Waals surface area contributed by atoms with Crippen LogP contribution in [0.2, 0.25) is 0 Å². The summed E-state index contributed by atoms with van der Waals surface area (Å²) in [7, 11) is 2.92. The molecule has 0 amide bonds. The van der Waals surface area contributed by atoms with Crippen molar-refractivity contribution < 1.29 is 14.4 Å². The van der Waals surface area contributed by atoms with Crippen LogP contribution >= 0.6 is 0 Å². The maximum atomic E-state index is 6.16. The molecule has 0 aliphatic carbocycles. The number of oxime groups is 2. The number of aromatic nitrogens is 1. The first-order valence-corrected chi connectivity index (χ1v) is 10.7. The van der Waals surface area contributed by atoms with Crippen LogP contribution in [0.1, 0.15) is 33.5 Å². The Morgan fingerprint density at radius 1 is 0.941 bits per heavy atom. The number of benzene rings is 2. The van der Waals surface area contributed by atoms with Crippen molar-refractivity contribution in [2.45, 2.75) is 27.0 Å². The predicted molar refractivity (Wildman–Crippen MR) is 134 cm³/mol. The van der Waals surface area contributed by atoms with Crippen molar-refractivity contribution in [3.05, 3.63) is 88.2 Å². The summed E-state index contributed by atoms with van der Waals surface area (Å²) in [6.07, 6.45) is 1.87. The van der Waals surface area contributed by atoms with E-state index in [1.165, 1.54) is 14.2 Å². The van der Waals surface area contributed by atoms with Gasteiger partial charge in [-0.05, 0) is 60.9 Å². The number of nitrogens with two attached hydrogens (primary N) is 2. The molecule has 0 unspecified atom stereocenters. The van der Waals surface area contributed by atoms with Crippen molar-refractivity contribution in [2.75, 3.05) is 19.5 Å². The van der Waals surface area contributed by atoms with Crippen molar-refractivity contribution in [1.29, 1.82) is 0 Å². The van der Waals surface area contributed by atoms with Crippen LogP contribution in [0.5, 0.6) is 5.75 Å². The van der Waals surface area contributed by atoms with Crippen LogP contribution in [-0.2, 0) is 22.8 Å². The molecule has 0 fully saturated rings. The van der Waals surface area contributed by atoms with Crippen molar-refractivity contribution >= 4 is 17.4 Å². The van der Waals surface area contributed by atoms with E-state index in [-0.39, 0.29) is 0 Å². The number of hydrogen-bond acceptors (Lipinski definition) is 7. The van der Waals surface area contributed by atoms with Gasteiger partial charge in [-0.1, -0.05) is 28.5 Å². The van der Waals surface area contributed by atoms with Gasteiger partial charge in [-0.25, -0.2) is 0 Å². The largest absolute Gasteiger partial charge is 0.487 e. The number of amidine groups is 2. The maximum Gasteiger partial charge on any atom is 0.170 e. The third-order valence-corrected chi connectivity index (χ3v) is 5.21. The van der Waals surface area contributed by atoms with E-state index in [1.807, 2.05) is 68.6 Å². The van der Waals surface area contributed by atoms with Crippen LogP contribution < -0.4 is 21.5 Å². The van der Waals surface area contributed by atoms with Crippen LogP contribution in [0.15, 0.2) is 65.0 Å². The fraction of sp³-hybridized carbons (Fsp3) is 0.240. The Hall–Kier alpha value is -4.27. The molecule has 0 aliphatic rings. The summed E-state index contributed by atoms with van der Waals surface area (Å²) >= 11 is 0. The molecule has 3 rings (SSSR count). The molecule has 1 aromatic heterocycles. The molecule has 0 bridgehead atoms. The van der Waals surface area contributed by atoms with E-state index < -0.39 is 0 Å². The Bertz CT molecular complexity index is 1180. The number of nitrogens with one attached hydrogen (secondary N) is 1. The van der Waals surface area contributed by atoms with Gasteiger partial charge >= 0.3 is 0 Å². The molecule has 9 nitrogen and oxygen atoms in total. The molecular weight excluding hydrogens is 432 g/mol. The smallest absolute Gasteiger partial charge is 0.170 e. The molecule has 34 heavy (non-hydrogen) atoms. The lowest BCUT2D eigenvalue weighted by Gasteiger charge is -2.16. The van der Waals surface area contributed by atoms with E-state index in [0.29, 0.717) is 24.8 Å². The summed E-state index contributed by atoms with van der Waals surface area (Å²) in [5.74, 6) is 1.41. The standard InChI is InChI=1S/C25H30N6O3/c1-16-21(14-29-22-10-8-19(9-11-22)24(26)30-32-3)13-28-17(2)23(16)34-15-18-6-5-7-20(12-18)25(27)31-33-4/h5-13,29H,14-15H2,1-4H3,(H2,26,30)(H2,27,31). The normalized spacial score (nSPS) is 11.8. The fourth-order valence-corrected chi connectivity index (χ4v) is 3.37. The van der Waals surface area contributed by atoms with E-state index in [4.69, 9.17) is 25.9 Å². The first-order valence-electron chi connectivity index (χ1n) is 10.7. The predicted octanol–water partition coefficient (Wildman–Crippen LogP) is 3.42. The van der Waals surface area contributed by atoms with Gasteiger partial charge in [-0.3, -0.25) is 4.98 Å². The maximum absolute atomic E-state index is 6.16. The van der Waals surface area contributed by atoms with Gasteiger partial charge in [0.25, 0.3) is 0 Å². The number of anilines is 1. The average Bonchev–Trinajstić information content (AvgIpc) is 2.84. The minimum atomic E-state index is 0.313. The number of ether oxygens (including phenoxy) is 1. The van der Waals surface area contributed by atoms with Crippen LogP contribution in [0.3, 0.4) is 0 Å². The van der Waals surface area contributed by atoms with Crippen molar-refractivity contribution in [1.82, 2.24) is 4.98 Å². The summed E-state index contributed by atoms with van der Waals surface area (Å²) < 4.78 is 6.16. The minimum absolute atomic E-state index is 0.313. The van der Waals surface area contributed by atoms with Gasteiger partial charge in [0.2, 0.25) is 0 Å². The Morgan fingerprint density at radius 2 is 1.62 bits per heavy atom. The number of nitrogens with zero attached hydrogens (tertiary/aromatic N) is 3. The Labute approximate surface area is 199 Å². The van der Waals surface area contributed by atoms with Gasteiger partial charge in [-0.2, -0.15) is 0 Å². The molecule has 0 radical (unpaired) electrons. The highest BCUT2D eigenvalue weighted by Crippen LogP contribution is 2.26. The molecule has 0 saturated carbocycles. The molecule has 0 saturated heterocycles. The molecule has 5 N–H and O–H groups in total. The third-order valence-electron chi connectivity index (χ3n) is 5.21. The van der Waals surface area contributed by atoms with Crippen LogP contribution in [0.4, 0.5) is 5.69 Å². The SMILES string of the molecule is CO/N=C(\N)c1ccc(NCc2cnc(C)c(OCc3cccc(/C(N)=N/OC)c3)c2C)cc1. The zero-order chi connectivity index (χ0) is 24.5. The van der Waals surface area contributed by atoms with Gasteiger partial charge in [0.1, 0.15) is 26.6 Å². The summed E-state index contributed by atoms with van der Waals surface area (Å²) in [5, 5.41) is 10.9. The third kappa shape index (κ3) is 6.16. The summed E-state index contributed by atoms with van der Waals surface area (Å²) in [6.45, 7) is 4.94. The van der Waals surface area contributed by atoms with E-state index >= 15 is 0 Å². The lowest BCUT2D eigenvalue weighted by Crippen LogP contribution is -2.14. The molecule has 178 valence electrons. The van der Waals surface area contributed by atoms with Crippen molar-refractivity contribution in [3.8, 4) is 5.75 Å². The number of aryl methyl sites for hydroxylation is 1. The quantitative estimate of drug-likeness (QED) is 0.239. The highest BCUT2D eigenvalue weighted by Gasteiger charge is 2.11. The molecule has 1 heterocycles. The van der Waals surface area contributed by atoms with Crippen LogP contribution in [0.25, 0.3) is 0 Å². The second kappa shape index (κ2) is 11.6. The van der Waals surface area contributed by atoms with Crippen LogP contribution in [0, 0.1) is 13.8 Å². The molecule has 0 spiro atoms. The zero-order valence-corrected chi connectivity index (χ0v) is 19.8. The Kier molecular flexibility index (Phi) is 8.28. The van der Waals surface area contributed by atoms with Gasteiger partial charge in [-0.15, -0.1) is 0 Å². The molecule has 3 aromatic rings. The number of hydrogen-bond donors (Lipinski definition) is 3. The lowest BCUT2D eigenvalue weighted by atomic mass is 10.1. The van der Waals surface area contributed by atoms with Gasteiger partial charge < -0.3 is 31.2 Å². The number of rotatable bonds is 10. The molecule has 0 aliphatic heterocycles. The first kappa shape index (κ1) is 24.4. The molecular formula is C25H30N6O3. The van der Waals surface area contributed by atoms with E-state index in [1.54, 1.807) is 0 Å². The molecule has 0 atom stereocenters. The first-order chi connectivity index (χ1) is 16.4. The van der Waals surface area contributed by atoms with E-state index in [2.05, 4.69) is 20.6 Å². The van der Waals surface area contributed by atoms with E-state index in [9.17, 15) is 0 Å². The van der Waals surface area contributed by atoms with Gasteiger partial charge in [0.05, 0.1) is 5.69 Å². The monoisotopic (exact) mass is 462 g/mol. The summed E-state index contributed by atoms with van der Waals surface area (Å²) in [5.41, 5.74) is 18.1. The van der Waals surface area contributed by atoms with Gasteiger partial charge in [0, 0.05) is 29.6 Å². The van der Waals surface area contributed by atoms with Gasteiger partial charge in [0.15, 0.2) is 11.7 Å². The second-order valence-corrected chi connectivity index (χ2v) is 7.56. The van der Waals surface area contributed by atoms with E-state index in [0.717, 1.165) is 44.9 Å². The topological polar surface area (TPSA) is 129 Å². The average molecular weight is 463 g/mol. The van der Waals surface area contributed by atoms with Crippen molar-refractivity contribution in [2.24, 2.45) is 21.8 Å². The Morgan fingerprint density at radius 3 is 2.29 bits per heavy atom. The minimum Gasteiger partial charge on any atom is -0.487 e. The number of pyridine rings is 1.